The van der Waals surface area contributed by atoms with Crippen LogP contribution in [-0.2, 0) is 4.74 Å². The first kappa shape index (κ1) is 16.4. The Morgan fingerprint density at radius 2 is 2.33 bits per heavy atom. The van der Waals surface area contributed by atoms with Crippen LogP contribution in [-0.4, -0.2) is 54.6 Å². The van der Waals surface area contributed by atoms with Crippen molar-refractivity contribution in [1.82, 2.24) is 14.9 Å². The minimum Gasteiger partial charge on any atom is -0.368 e. The molecular weight excluding hydrogens is 326 g/mol. The maximum absolute atomic E-state index is 12.7. The molecule has 7 nitrogen and oxygen atoms in total. The Hall–Kier alpha value is -2.50. The number of rotatable bonds is 3. The largest absolute Gasteiger partial charge is 0.368 e. The molecule has 2 aromatic heterocycles. The van der Waals surface area contributed by atoms with Gasteiger partial charge in [0.2, 0.25) is 5.95 Å². The van der Waals surface area contributed by atoms with Gasteiger partial charge in [0, 0.05) is 26.8 Å². The third-order valence-corrected chi connectivity index (χ3v) is 4.63. The number of nitriles is 1. The van der Waals surface area contributed by atoms with Crippen LogP contribution in [0.15, 0.2) is 23.7 Å². The number of thiophene rings is 1. The second kappa shape index (κ2) is 6.95. The van der Waals surface area contributed by atoms with Crippen LogP contribution in [0.3, 0.4) is 0 Å². The molecule has 0 aromatic carbocycles. The number of hydrogen-bond acceptors (Lipinski definition) is 7. The standard InChI is InChI=1S/C16H17N5O2S/c1-20(2)16-18-5-3-12(19-16)13-10-21(6-7-23-13)15(22)14-11(9-17)4-8-24-14/h3-5,8,13H,6-7,10H2,1-2H3/t13-/m0/s1. The van der Waals surface area contributed by atoms with Crippen molar-refractivity contribution in [2.75, 3.05) is 38.7 Å². The van der Waals surface area contributed by atoms with Crippen molar-refractivity contribution >= 4 is 23.2 Å². The molecule has 1 aliphatic rings. The molecule has 0 unspecified atom stereocenters. The smallest absolute Gasteiger partial charge is 0.265 e. The predicted octanol–water partition coefficient (Wildman–Crippen LogP) is 1.69. The average molecular weight is 343 g/mol. The first-order valence-corrected chi connectivity index (χ1v) is 8.37. The van der Waals surface area contributed by atoms with Crippen molar-refractivity contribution in [2.45, 2.75) is 6.10 Å². The van der Waals surface area contributed by atoms with E-state index in [0.717, 1.165) is 5.69 Å². The summed E-state index contributed by atoms with van der Waals surface area (Å²) in [6.07, 6.45) is 1.39. The van der Waals surface area contributed by atoms with Gasteiger partial charge in [-0.2, -0.15) is 5.26 Å². The number of carbonyl (C=O) groups is 1. The number of carbonyl (C=O) groups excluding carboxylic acids is 1. The van der Waals surface area contributed by atoms with Crippen molar-refractivity contribution in [1.29, 1.82) is 5.26 Å². The summed E-state index contributed by atoms with van der Waals surface area (Å²) in [4.78, 5) is 25.4. The van der Waals surface area contributed by atoms with E-state index < -0.39 is 0 Å². The molecular formula is C16H17N5O2S. The van der Waals surface area contributed by atoms with E-state index in [1.54, 1.807) is 28.6 Å². The topological polar surface area (TPSA) is 82.4 Å². The average Bonchev–Trinajstić information content (AvgIpc) is 3.10. The zero-order chi connectivity index (χ0) is 17.1. The van der Waals surface area contributed by atoms with Gasteiger partial charge in [-0.25, -0.2) is 9.97 Å². The molecule has 0 radical (unpaired) electrons. The van der Waals surface area contributed by atoms with Gasteiger partial charge in [0.1, 0.15) is 17.1 Å². The Kier molecular flexibility index (Phi) is 4.74. The third kappa shape index (κ3) is 3.22. The van der Waals surface area contributed by atoms with Gasteiger partial charge < -0.3 is 14.5 Å². The van der Waals surface area contributed by atoms with Crippen LogP contribution in [0.1, 0.15) is 27.0 Å². The summed E-state index contributed by atoms with van der Waals surface area (Å²) in [5.74, 6) is 0.473. The minimum absolute atomic E-state index is 0.128. The number of anilines is 1. The van der Waals surface area contributed by atoms with Gasteiger partial charge in [-0.3, -0.25) is 4.79 Å². The maximum Gasteiger partial charge on any atom is 0.265 e. The van der Waals surface area contributed by atoms with Crippen LogP contribution in [0.2, 0.25) is 0 Å². The third-order valence-electron chi connectivity index (χ3n) is 3.73. The Labute approximate surface area is 144 Å². The van der Waals surface area contributed by atoms with E-state index >= 15 is 0 Å². The van der Waals surface area contributed by atoms with E-state index in [9.17, 15) is 4.79 Å². The van der Waals surface area contributed by atoms with E-state index in [1.165, 1.54) is 11.3 Å². The second-order valence-electron chi connectivity index (χ2n) is 5.56. The second-order valence-corrected chi connectivity index (χ2v) is 6.48. The molecule has 3 rings (SSSR count). The SMILES string of the molecule is CN(C)c1nccc([C@@H]2CN(C(=O)c3sccc3C#N)CCO2)n1. The molecule has 1 fully saturated rings. The number of hydrogen-bond donors (Lipinski definition) is 0. The summed E-state index contributed by atoms with van der Waals surface area (Å²) in [7, 11) is 3.74. The summed E-state index contributed by atoms with van der Waals surface area (Å²) >= 11 is 1.29. The lowest BCUT2D eigenvalue weighted by molar-refractivity contribution is -0.0245. The molecule has 1 amide bonds. The van der Waals surface area contributed by atoms with Crippen LogP contribution in [0.5, 0.6) is 0 Å². The Bertz CT molecular complexity index is 783. The van der Waals surface area contributed by atoms with E-state index in [2.05, 4.69) is 16.0 Å². The number of amides is 1. The van der Waals surface area contributed by atoms with Gasteiger partial charge in [0.15, 0.2) is 0 Å². The van der Waals surface area contributed by atoms with Crippen LogP contribution < -0.4 is 4.90 Å². The van der Waals surface area contributed by atoms with Crippen molar-refractivity contribution in [3.8, 4) is 6.07 Å². The molecule has 1 aliphatic heterocycles. The van der Waals surface area contributed by atoms with Gasteiger partial charge in [0.25, 0.3) is 5.91 Å². The normalized spacial score (nSPS) is 17.4. The zero-order valence-corrected chi connectivity index (χ0v) is 14.3. The lowest BCUT2D eigenvalue weighted by Crippen LogP contribution is -2.42. The number of aromatic nitrogens is 2. The first-order valence-electron chi connectivity index (χ1n) is 7.49. The molecule has 0 saturated carbocycles. The number of morpholine rings is 1. The Morgan fingerprint density at radius 3 is 3.08 bits per heavy atom. The van der Waals surface area contributed by atoms with Crippen molar-refractivity contribution < 1.29 is 9.53 Å². The highest BCUT2D eigenvalue weighted by Gasteiger charge is 2.29. The summed E-state index contributed by atoms with van der Waals surface area (Å²) in [5.41, 5.74) is 1.17. The van der Waals surface area contributed by atoms with Crippen LogP contribution in [0.25, 0.3) is 0 Å². The van der Waals surface area contributed by atoms with E-state index in [-0.39, 0.29) is 12.0 Å². The van der Waals surface area contributed by atoms with E-state index in [4.69, 9.17) is 10.00 Å². The lowest BCUT2D eigenvalue weighted by atomic mass is 10.2. The molecule has 124 valence electrons. The fourth-order valence-corrected chi connectivity index (χ4v) is 3.29. The highest BCUT2D eigenvalue weighted by Crippen LogP contribution is 2.25. The fourth-order valence-electron chi connectivity index (χ4n) is 2.48. The molecule has 0 aliphatic carbocycles. The summed E-state index contributed by atoms with van der Waals surface area (Å²) in [6, 6.07) is 5.54. The van der Waals surface area contributed by atoms with Gasteiger partial charge in [0.05, 0.1) is 24.4 Å². The highest BCUT2D eigenvalue weighted by molar-refractivity contribution is 7.12. The van der Waals surface area contributed by atoms with Gasteiger partial charge in [-0.15, -0.1) is 11.3 Å². The molecule has 1 atom stereocenters. The first-order chi connectivity index (χ1) is 11.6. The highest BCUT2D eigenvalue weighted by atomic mass is 32.1. The summed E-state index contributed by atoms with van der Waals surface area (Å²) in [6.45, 7) is 1.35. The van der Waals surface area contributed by atoms with Gasteiger partial charge in [-0.1, -0.05) is 0 Å². The molecule has 8 heteroatoms. The van der Waals surface area contributed by atoms with Crippen molar-refractivity contribution in [3.05, 3.63) is 39.8 Å². The molecule has 3 heterocycles. The molecule has 1 saturated heterocycles. The van der Waals surface area contributed by atoms with Crippen LogP contribution >= 0.6 is 11.3 Å². The van der Waals surface area contributed by atoms with Crippen molar-refractivity contribution in [3.63, 3.8) is 0 Å². The zero-order valence-electron chi connectivity index (χ0n) is 13.5. The molecule has 0 spiro atoms. The van der Waals surface area contributed by atoms with E-state index in [0.29, 0.717) is 36.1 Å². The van der Waals surface area contributed by atoms with Crippen LogP contribution in [0, 0.1) is 11.3 Å². The Balaban J connectivity index is 1.78. The Morgan fingerprint density at radius 1 is 1.50 bits per heavy atom. The quantitative estimate of drug-likeness (QED) is 0.843. The van der Waals surface area contributed by atoms with Gasteiger partial charge in [-0.05, 0) is 17.5 Å². The summed E-state index contributed by atoms with van der Waals surface area (Å²) in [5, 5.41) is 10.9. The van der Waals surface area contributed by atoms with Gasteiger partial charge >= 0.3 is 0 Å². The summed E-state index contributed by atoms with van der Waals surface area (Å²) < 4.78 is 5.79. The number of ether oxygens (including phenoxy) is 1. The monoisotopic (exact) mass is 343 g/mol. The number of nitrogens with zero attached hydrogens (tertiary/aromatic N) is 5. The molecule has 2 aromatic rings. The van der Waals surface area contributed by atoms with Crippen molar-refractivity contribution in [2.24, 2.45) is 0 Å². The fraction of sp³-hybridized carbons (Fsp3) is 0.375. The van der Waals surface area contributed by atoms with Crippen LogP contribution in [0.4, 0.5) is 5.95 Å². The predicted molar refractivity (Wildman–Crippen MR) is 90.0 cm³/mol. The maximum atomic E-state index is 12.7. The minimum atomic E-state index is -0.296. The molecule has 0 bridgehead atoms. The molecule has 24 heavy (non-hydrogen) atoms. The lowest BCUT2D eigenvalue weighted by Gasteiger charge is -2.32. The van der Waals surface area contributed by atoms with E-state index in [1.807, 2.05) is 19.0 Å². The molecule has 0 N–H and O–H groups in total.